The first kappa shape index (κ1) is 7.34. The van der Waals surface area contributed by atoms with Crippen LogP contribution >= 0.6 is 0 Å². The number of ether oxygens (including phenoxy) is 2. The summed E-state index contributed by atoms with van der Waals surface area (Å²) in [4.78, 5) is 0. The molecule has 0 unspecified atom stereocenters. The van der Waals surface area contributed by atoms with Crippen molar-refractivity contribution in [2.45, 2.75) is 13.2 Å². The van der Waals surface area contributed by atoms with Crippen LogP contribution in [0.3, 0.4) is 0 Å². The lowest BCUT2D eigenvalue weighted by molar-refractivity contribution is -0.286. The maximum Gasteiger partial charge on any atom is 0.586 e. The van der Waals surface area contributed by atoms with Crippen LogP contribution in [-0.4, -0.2) is 6.29 Å². The van der Waals surface area contributed by atoms with Gasteiger partial charge < -0.3 is 9.47 Å². The van der Waals surface area contributed by atoms with Gasteiger partial charge in [0.25, 0.3) is 0 Å². The summed E-state index contributed by atoms with van der Waals surface area (Å²) in [5.41, 5.74) is 0.643. The zero-order valence-electron chi connectivity index (χ0n) is 6.30. The Morgan fingerprint density at radius 2 is 2.00 bits per heavy atom. The Balaban J connectivity index is 2.48. The van der Waals surface area contributed by atoms with E-state index in [1.54, 1.807) is 19.1 Å². The second-order valence-corrected chi connectivity index (χ2v) is 2.57. The normalized spacial score (nSPS) is 17.9. The molecule has 0 radical (unpaired) electrons. The van der Waals surface area contributed by atoms with E-state index in [1.807, 2.05) is 0 Å². The highest BCUT2D eigenvalue weighted by molar-refractivity contribution is 5.47. The van der Waals surface area contributed by atoms with Gasteiger partial charge in [-0.1, -0.05) is 12.1 Å². The number of para-hydroxylation sites is 1. The number of hydrogen-bond donors (Lipinski definition) is 0. The number of rotatable bonds is 0. The molecule has 1 aliphatic rings. The quantitative estimate of drug-likeness (QED) is 0.597. The molecule has 0 bridgehead atoms. The Hall–Kier alpha value is -1.32. The van der Waals surface area contributed by atoms with Gasteiger partial charge in [-0.15, -0.1) is 8.78 Å². The van der Waals surface area contributed by atoms with E-state index in [1.165, 1.54) is 6.07 Å². The van der Waals surface area contributed by atoms with E-state index in [2.05, 4.69) is 9.47 Å². The molecule has 0 fully saturated rings. The summed E-state index contributed by atoms with van der Waals surface area (Å²) in [6.45, 7) is 1.68. The topological polar surface area (TPSA) is 18.5 Å². The van der Waals surface area contributed by atoms with E-state index in [4.69, 9.17) is 0 Å². The Kier molecular flexibility index (Phi) is 1.28. The first-order valence-electron chi connectivity index (χ1n) is 3.44. The van der Waals surface area contributed by atoms with Crippen LogP contribution in [-0.2, 0) is 0 Å². The van der Waals surface area contributed by atoms with Gasteiger partial charge in [0.15, 0.2) is 11.5 Å². The Labute approximate surface area is 67.7 Å². The van der Waals surface area contributed by atoms with E-state index in [0.29, 0.717) is 5.56 Å². The van der Waals surface area contributed by atoms with Gasteiger partial charge in [-0.25, -0.2) is 0 Å². The average Bonchev–Trinajstić information content (AvgIpc) is 2.25. The number of benzene rings is 1. The molecule has 1 aromatic rings. The lowest BCUT2D eigenvalue weighted by atomic mass is 10.2. The highest BCUT2D eigenvalue weighted by Gasteiger charge is 2.43. The molecule has 0 atom stereocenters. The van der Waals surface area contributed by atoms with Gasteiger partial charge in [0.05, 0.1) is 0 Å². The molecular formula is C8H6F2O2. The van der Waals surface area contributed by atoms with Crippen LogP contribution < -0.4 is 9.47 Å². The Bertz CT molecular complexity index is 323. The van der Waals surface area contributed by atoms with Crippen LogP contribution in [0.1, 0.15) is 5.56 Å². The number of fused-ring (bicyclic) bond motifs is 1. The van der Waals surface area contributed by atoms with Gasteiger partial charge in [0.1, 0.15) is 0 Å². The summed E-state index contributed by atoms with van der Waals surface area (Å²) in [5, 5.41) is 0. The van der Waals surface area contributed by atoms with E-state index in [9.17, 15) is 8.78 Å². The third-order valence-corrected chi connectivity index (χ3v) is 1.63. The zero-order chi connectivity index (χ0) is 8.77. The van der Waals surface area contributed by atoms with Crippen molar-refractivity contribution < 1.29 is 18.3 Å². The van der Waals surface area contributed by atoms with Gasteiger partial charge in [-0.3, -0.25) is 0 Å². The first-order valence-corrected chi connectivity index (χ1v) is 3.44. The Morgan fingerprint density at radius 3 is 2.67 bits per heavy atom. The van der Waals surface area contributed by atoms with Gasteiger partial charge in [0.2, 0.25) is 0 Å². The fourth-order valence-corrected chi connectivity index (χ4v) is 1.10. The zero-order valence-corrected chi connectivity index (χ0v) is 6.30. The summed E-state index contributed by atoms with van der Waals surface area (Å²) in [5.74, 6) is 0.225. The molecule has 0 aliphatic carbocycles. The summed E-state index contributed by atoms with van der Waals surface area (Å²) >= 11 is 0. The molecule has 0 aromatic heterocycles. The first-order chi connectivity index (χ1) is 5.58. The van der Waals surface area contributed by atoms with E-state index >= 15 is 0 Å². The van der Waals surface area contributed by atoms with Crippen LogP contribution in [0.15, 0.2) is 18.2 Å². The number of hydrogen-bond acceptors (Lipinski definition) is 2. The van der Waals surface area contributed by atoms with E-state index < -0.39 is 6.29 Å². The Morgan fingerprint density at radius 1 is 1.25 bits per heavy atom. The number of alkyl halides is 2. The minimum Gasteiger partial charge on any atom is -0.395 e. The van der Waals surface area contributed by atoms with Crippen LogP contribution in [0.5, 0.6) is 11.5 Å². The molecule has 64 valence electrons. The largest absolute Gasteiger partial charge is 0.586 e. The van der Waals surface area contributed by atoms with Gasteiger partial charge >= 0.3 is 6.29 Å². The molecule has 0 saturated heterocycles. The van der Waals surface area contributed by atoms with Crippen molar-refractivity contribution in [2.24, 2.45) is 0 Å². The summed E-state index contributed by atoms with van der Waals surface area (Å²) < 4.78 is 33.4. The minimum absolute atomic E-state index is 0.0972. The molecule has 0 spiro atoms. The highest BCUT2D eigenvalue weighted by Crippen LogP contribution is 2.42. The molecular weight excluding hydrogens is 166 g/mol. The predicted molar refractivity (Wildman–Crippen MR) is 37.4 cm³/mol. The molecule has 1 aliphatic heterocycles. The van der Waals surface area contributed by atoms with Gasteiger partial charge in [0, 0.05) is 0 Å². The fraction of sp³-hybridized carbons (Fsp3) is 0.250. The fourth-order valence-electron chi connectivity index (χ4n) is 1.10. The monoisotopic (exact) mass is 172 g/mol. The SMILES string of the molecule is Cc1cccc2c1OC(F)(F)O2. The van der Waals surface area contributed by atoms with Crippen LogP contribution in [0, 0.1) is 6.92 Å². The predicted octanol–water partition coefficient (Wildman–Crippen LogP) is 2.32. The molecule has 4 heteroatoms. The van der Waals surface area contributed by atoms with Crippen LogP contribution in [0.25, 0.3) is 0 Å². The van der Waals surface area contributed by atoms with Crippen molar-refractivity contribution in [1.82, 2.24) is 0 Å². The van der Waals surface area contributed by atoms with Crippen molar-refractivity contribution in [3.8, 4) is 11.5 Å². The maximum atomic E-state index is 12.5. The average molecular weight is 172 g/mol. The van der Waals surface area contributed by atoms with E-state index in [0.717, 1.165) is 0 Å². The standard InChI is InChI=1S/C8H6F2O2/c1-5-3-2-4-6-7(5)12-8(9,10)11-6/h2-4H,1H3. The van der Waals surface area contributed by atoms with Gasteiger partial charge in [-0.05, 0) is 18.6 Å². The molecule has 2 rings (SSSR count). The minimum atomic E-state index is -3.51. The van der Waals surface area contributed by atoms with Crippen molar-refractivity contribution in [2.75, 3.05) is 0 Å². The smallest absolute Gasteiger partial charge is 0.395 e. The second kappa shape index (κ2) is 2.09. The molecule has 2 nitrogen and oxygen atoms in total. The van der Waals surface area contributed by atoms with Crippen molar-refractivity contribution in [3.63, 3.8) is 0 Å². The second-order valence-electron chi connectivity index (χ2n) is 2.57. The molecule has 0 saturated carbocycles. The summed E-state index contributed by atoms with van der Waals surface area (Å²) in [6.07, 6.45) is -3.51. The summed E-state index contributed by atoms with van der Waals surface area (Å²) in [6, 6.07) is 4.77. The van der Waals surface area contributed by atoms with Crippen LogP contribution in [0.4, 0.5) is 8.78 Å². The van der Waals surface area contributed by atoms with Crippen molar-refractivity contribution >= 4 is 0 Å². The van der Waals surface area contributed by atoms with Crippen molar-refractivity contribution in [1.29, 1.82) is 0 Å². The van der Waals surface area contributed by atoms with Crippen molar-refractivity contribution in [3.05, 3.63) is 23.8 Å². The van der Waals surface area contributed by atoms with Crippen LogP contribution in [0.2, 0.25) is 0 Å². The third-order valence-electron chi connectivity index (χ3n) is 1.63. The molecule has 1 heterocycles. The van der Waals surface area contributed by atoms with E-state index in [-0.39, 0.29) is 11.5 Å². The third kappa shape index (κ3) is 0.995. The molecule has 0 N–H and O–H groups in total. The molecule has 1 aromatic carbocycles. The number of aryl methyl sites for hydroxylation is 1. The van der Waals surface area contributed by atoms with Gasteiger partial charge in [-0.2, -0.15) is 0 Å². The number of halogens is 2. The molecule has 12 heavy (non-hydrogen) atoms. The summed E-state index contributed by atoms with van der Waals surface area (Å²) in [7, 11) is 0. The highest BCUT2D eigenvalue weighted by atomic mass is 19.3. The maximum absolute atomic E-state index is 12.5. The molecule has 0 amide bonds. The lowest BCUT2D eigenvalue weighted by Crippen LogP contribution is -2.26. The lowest BCUT2D eigenvalue weighted by Gasteiger charge is -2.04.